The maximum atomic E-state index is 12.7. The molecule has 1 aromatic heterocycles. The van der Waals surface area contributed by atoms with Crippen molar-refractivity contribution in [1.82, 2.24) is 9.55 Å². The molecular formula is C18H18N2O2S. The number of hydrogen-bond donors (Lipinski definition) is 0. The van der Waals surface area contributed by atoms with Gasteiger partial charge in [-0.3, -0.25) is 9.36 Å². The van der Waals surface area contributed by atoms with E-state index in [1.807, 2.05) is 49.6 Å². The SMILES string of the molecule is COc1cc(Cn2cnc3c(C)cccc3c2=O)ccc1SC. The Morgan fingerprint density at radius 1 is 1.26 bits per heavy atom. The molecule has 0 radical (unpaired) electrons. The fourth-order valence-electron chi connectivity index (χ4n) is 2.63. The van der Waals surface area contributed by atoms with Gasteiger partial charge in [0.2, 0.25) is 0 Å². The van der Waals surface area contributed by atoms with Crippen LogP contribution in [0.5, 0.6) is 5.75 Å². The van der Waals surface area contributed by atoms with Crippen LogP contribution in [0.15, 0.2) is 52.4 Å². The molecule has 0 aliphatic carbocycles. The van der Waals surface area contributed by atoms with Gasteiger partial charge in [0.1, 0.15) is 5.75 Å². The van der Waals surface area contributed by atoms with E-state index in [-0.39, 0.29) is 5.56 Å². The third-order valence-corrected chi connectivity index (χ3v) is 4.63. The summed E-state index contributed by atoms with van der Waals surface area (Å²) in [7, 11) is 1.66. The zero-order valence-corrected chi connectivity index (χ0v) is 14.2. The Bertz CT molecular complexity index is 919. The zero-order valence-electron chi connectivity index (χ0n) is 13.4. The van der Waals surface area contributed by atoms with Gasteiger partial charge in [0.15, 0.2) is 0 Å². The number of aryl methyl sites for hydroxylation is 1. The summed E-state index contributed by atoms with van der Waals surface area (Å²) in [6.07, 6.45) is 3.63. The van der Waals surface area contributed by atoms with Crippen molar-refractivity contribution in [3.63, 3.8) is 0 Å². The molecule has 118 valence electrons. The first-order chi connectivity index (χ1) is 11.1. The van der Waals surface area contributed by atoms with E-state index in [1.165, 1.54) is 0 Å². The number of aromatic nitrogens is 2. The molecule has 0 aliphatic heterocycles. The second-order valence-electron chi connectivity index (χ2n) is 5.34. The minimum absolute atomic E-state index is 0.0217. The Kier molecular flexibility index (Phi) is 4.39. The van der Waals surface area contributed by atoms with Crippen molar-refractivity contribution in [2.45, 2.75) is 18.4 Å². The van der Waals surface area contributed by atoms with Crippen molar-refractivity contribution in [2.24, 2.45) is 0 Å². The summed E-state index contributed by atoms with van der Waals surface area (Å²) in [4.78, 5) is 18.2. The van der Waals surface area contributed by atoms with E-state index >= 15 is 0 Å². The van der Waals surface area contributed by atoms with Gasteiger partial charge in [-0.2, -0.15) is 0 Å². The number of hydrogen-bond acceptors (Lipinski definition) is 4. The van der Waals surface area contributed by atoms with Crippen LogP contribution >= 0.6 is 11.8 Å². The summed E-state index contributed by atoms with van der Waals surface area (Å²) in [5, 5.41) is 0.653. The minimum atomic E-state index is -0.0217. The molecule has 5 heteroatoms. The molecule has 0 N–H and O–H groups in total. The molecule has 1 heterocycles. The smallest absolute Gasteiger partial charge is 0.261 e. The lowest BCUT2D eigenvalue weighted by Gasteiger charge is -2.11. The van der Waals surface area contributed by atoms with Crippen molar-refractivity contribution in [3.8, 4) is 5.75 Å². The fraction of sp³-hybridized carbons (Fsp3) is 0.222. The monoisotopic (exact) mass is 326 g/mol. The van der Waals surface area contributed by atoms with Crippen LogP contribution in [0.4, 0.5) is 0 Å². The summed E-state index contributed by atoms with van der Waals surface area (Å²) in [6, 6.07) is 11.7. The molecule has 0 saturated carbocycles. The number of ether oxygens (including phenoxy) is 1. The largest absolute Gasteiger partial charge is 0.496 e. The molecule has 0 bridgehead atoms. The van der Waals surface area contributed by atoms with Gasteiger partial charge in [-0.05, 0) is 42.5 Å². The Morgan fingerprint density at radius 2 is 2.09 bits per heavy atom. The number of fused-ring (bicyclic) bond motifs is 1. The number of rotatable bonds is 4. The number of para-hydroxylation sites is 1. The highest BCUT2D eigenvalue weighted by atomic mass is 32.2. The van der Waals surface area contributed by atoms with Gasteiger partial charge in [-0.15, -0.1) is 11.8 Å². The van der Waals surface area contributed by atoms with Gasteiger partial charge in [0.05, 0.1) is 30.9 Å². The molecule has 0 aliphatic rings. The van der Waals surface area contributed by atoms with Gasteiger partial charge >= 0.3 is 0 Å². The summed E-state index contributed by atoms with van der Waals surface area (Å²) >= 11 is 1.64. The molecule has 4 nitrogen and oxygen atoms in total. The first kappa shape index (κ1) is 15.6. The number of thioether (sulfide) groups is 1. The van der Waals surface area contributed by atoms with Crippen LogP contribution in [-0.2, 0) is 6.54 Å². The zero-order chi connectivity index (χ0) is 16.4. The van der Waals surface area contributed by atoms with Crippen LogP contribution in [0.25, 0.3) is 10.9 Å². The van der Waals surface area contributed by atoms with Gasteiger partial charge in [0, 0.05) is 4.90 Å². The molecule has 0 unspecified atom stereocenters. The molecule has 0 spiro atoms. The van der Waals surface area contributed by atoms with Crippen molar-refractivity contribution in [2.75, 3.05) is 13.4 Å². The second-order valence-corrected chi connectivity index (χ2v) is 6.19. The van der Waals surface area contributed by atoms with Crippen molar-refractivity contribution < 1.29 is 4.74 Å². The average Bonchev–Trinajstić information content (AvgIpc) is 2.58. The van der Waals surface area contributed by atoms with E-state index in [0.29, 0.717) is 11.9 Å². The standard InChI is InChI=1S/C18H18N2O2S/c1-12-5-4-6-14-17(12)19-11-20(18(14)21)10-13-7-8-16(23-3)15(9-13)22-2/h4-9,11H,10H2,1-3H3. The maximum Gasteiger partial charge on any atom is 0.261 e. The molecule has 2 aromatic carbocycles. The topological polar surface area (TPSA) is 44.1 Å². The Morgan fingerprint density at radius 3 is 2.83 bits per heavy atom. The molecule has 0 amide bonds. The number of benzene rings is 2. The first-order valence-corrected chi connectivity index (χ1v) is 8.52. The molecule has 0 saturated heterocycles. The molecule has 23 heavy (non-hydrogen) atoms. The molecule has 0 atom stereocenters. The van der Waals surface area contributed by atoms with Crippen LogP contribution < -0.4 is 10.3 Å². The van der Waals surface area contributed by atoms with E-state index in [0.717, 1.165) is 27.3 Å². The highest BCUT2D eigenvalue weighted by Gasteiger charge is 2.08. The van der Waals surface area contributed by atoms with Crippen LogP contribution in [0.2, 0.25) is 0 Å². The third kappa shape index (κ3) is 2.97. The van der Waals surface area contributed by atoms with Crippen molar-refractivity contribution in [1.29, 1.82) is 0 Å². The van der Waals surface area contributed by atoms with E-state index in [1.54, 1.807) is 29.8 Å². The van der Waals surface area contributed by atoms with Gasteiger partial charge in [-0.1, -0.05) is 18.2 Å². The first-order valence-electron chi connectivity index (χ1n) is 7.29. The van der Waals surface area contributed by atoms with Crippen molar-refractivity contribution >= 4 is 22.7 Å². The van der Waals surface area contributed by atoms with Crippen LogP contribution in [0.3, 0.4) is 0 Å². The van der Waals surface area contributed by atoms with Gasteiger partial charge < -0.3 is 4.74 Å². The normalized spacial score (nSPS) is 10.9. The van der Waals surface area contributed by atoms with E-state index in [4.69, 9.17) is 4.74 Å². The van der Waals surface area contributed by atoms with E-state index in [2.05, 4.69) is 4.98 Å². The van der Waals surface area contributed by atoms with Crippen molar-refractivity contribution in [3.05, 3.63) is 64.2 Å². The maximum absolute atomic E-state index is 12.7. The van der Waals surface area contributed by atoms with Crippen LogP contribution in [0.1, 0.15) is 11.1 Å². The Hall–Kier alpha value is -2.27. The van der Waals surface area contributed by atoms with Crippen LogP contribution in [0, 0.1) is 6.92 Å². The Balaban J connectivity index is 2.02. The molecule has 3 aromatic rings. The lowest BCUT2D eigenvalue weighted by Crippen LogP contribution is -2.21. The lowest BCUT2D eigenvalue weighted by atomic mass is 10.1. The van der Waals surface area contributed by atoms with E-state index in [9.17, 15) is 4.79 Å². The van der Waals surface area contributed by atoms with Gasteiger partial charge in [-0.25, -0.2) is 4.98 Å². The van der Waals surface area contributed by atoms with Crippen LogP contribution in [-0.4, -0.2) is 22.9 Å². The predicted octanol–water partition coefficient (Wildman–Crippen LogP) is 3.48. The highest BCUT2D eigenvalue weighted by molar-refractivity contribution is 7.98. The van der Waals surface area contributed by atoms with E-state index < -0.39 is 0 Å². The third-order valence-electron chi connectivity index (χ3n) is 3.86. The summed E-state index contributed by atoms with van der Waals surface area (Å²) in [6.45, 7) is 2.44. The summed E-state index contributed by atoms with van der Waals surface area (Å²) < 4.78 is 7.04. The summed E-state index contributed by atoms with van der Waals surface area (Å²) in [5.74, 6) is 0.827. The lowest BCUT2D eigenvalue weighted by molar-refractivity contribution is 0.404. The quantitative estimate of drug-likeness (QED) is 0.689. The number of methoxy groups -OCH3 is 1. The molecular weight excluding hydrogens is 308 g/mol. The van der Waals surface area contributed by atoms with Gasteiger partial charge in [0.25, 0.3) is 5.56 Å². The second kappa shape index (κ2) is 6.46. The average molecular weight is 326 g/mol. The highest BCUT2D eigenvalue weighted by Crippen LogP contribution is 2.28. The predicted molar refractivity (Wildman–Crippen MR) is 94.6 cm³/mol. The molecule has 3 rings (SSSR count). The Labute approximate surface area is 139 Å². The minimum Gasteiger partial charge on any atom is -0.496 e. The molecule has 0 fully saturated rings. The fourth-order valence-corrected chi connectivity index (χ4v) is 3.17. The number of nitrogens with zero attached hydrogens (tertiary/aromatic N) is 2. The summed E-state index contributed by atoms with van der Waals surface area (Å²) in [5.41, 5.74) is 2.77.